The topological polar surface area (TPSA) is 63.1 Å². The summed E-state index contributed by atoms with van der Waals surface area (Å²) in [5.41, 5.74) is 2.03. The Bertz CT molecular complexity index is 956. The minimum Gasteiger partial charge on any atom is -0.349 e. The lowest BCUT2D eigenvalue weighted by Crippen LogP contribution is -2.41. The number of fused-ring (bicyclic) bond motifs is 1. The molecule has 6 nitrogen and oxygen atoms in total. The number of nitrogens with one attached hydrogen (secondary N) is 1. The fraction of sp³-hybridized carbons (Fsp3) is 0.250. The summed E-state index contributed by atoms with van der Waals surface area (Å²) in [6.07, 6.45) is 0.379. The van der Waals surface area contributed by atoms with Crippen molar-refractivity contribution in [1.29, 1.82) is 0 Å². The van der Waals surface area contributed by atoms with Crippen LogP contribution >= 0.6 is 11.6 Å². The predicted octanol–water partition coefficient (Wildman–Crippen LogP) is 3.55. The normalized spacial score (nSPS) is 16.3. The largest absolute Gasteiger partial charge is 0.349 e. The number of aromatic nitrogens is 3. The van der Waals surface area contributed by atoms with Crippen LogP contribution in [0.5, 0.6) is 0 Å². The standard InChI is InChI=1S/C20H20ClN5O/c1-25(12-14-6-5-9-16(21)10-14)13-17-11-18(27)26-20(22-17)23-19(24-26)15-7-3-2-4-8-15/h2-10,17H,11-13H2,1H3,(H,22,23,24). The molecule has 1 unspecified atom stereocenters. The smallest absolute Gasteiger partial charge is 0.252 e. The summed E-state index contributed by atoms with van der Waals surface area (Å²) in [7, 11) is 2.03. The number of carbonyl (C=O) groups excluding carboxylic acids is 1. The first kappa shape index (κ1) is 17.7. The molecular formula is C20H20ClN5O. The SMILES string of the molecule is CN(Cc1cccc(Cl)c1)CC1CC(=O)n2nc(-c3ccccc3)nc2N1. The third-order valence-corrected chi connectivity index (χ3v) is 4.74. The molecule has 1 aliphatic heterocycles. The number of halogens is 1. The molecule has 4 rings (SSSR count). The van der Waals surface area contributed by atoms with Crippen LogP contribution < -0.4 is 5.32 Å². The maximum atomic E-state index is 12.5. The molecule has 0 spiro atoms. The van der Waals surface area contributed by atoms with E-state index in [9.17, 15) is 4.79 Å². The van der Waals surface area contributed by atoms with E-state index < -0.39 is 0 Å². The van der Waals surface area contributed by atoms with Gasteiger partial charge in [0.2, 0.25) is 5.95 Å². The summed E-state index contributed by atoms with van der Waals surface area (Å²) < 4.78 is 1.37. The van der Waals surface area contributed by atoms with Gasteiger partial charge in [-0.15, -0.1) is 5.10 Å². The molecule has 0 saturated carbocycles. The Morgan fingerprint density at radius 2 is 2.04 bits per heavy atom. The molecule has 0 aliphatic carbocycles. The van der Waals surface area contributed by atoms with Gasteiger partial charge >= 0.3 is 0 Å². The van der Waals surface area contributed by atoms with Crippen molar-refractivity contribution in [2.75, 3.05) is 18.9 Å². The minimum absolute atomic E-state index is 0.0120. The third-order valence-electron chi connectivity index (χ3n) is 4.50. The Hall–Kier alpha value is -2.70. The highest BCUT2D eigenvalue weighted by Gasteiger charge is 2.28. The highest BCUT2D eigenvalue weighted by atomic mass is 35.5. The van der Waals surface area contributed by atoms with E-state index in [4.69, 9.17) is 11.6 Å². The first-order valence-electron chi connectivity index (χ1n) is 8.84. The van der Waals surface area contributed by atoms with Gasteiger partial charge < -0.3 is 10.2 Å². The number of nitrogens with zero attached hydrogens (tertiary/aromatic N) is 4. The van der Waals surface area contributed by atoms with Crippen LogP contribution in [0.15, 0.2) is 54.6 Å². The second-order valence-electron chi connectivity index (χ2n) is 6.80. The Balaban J connectivity index is 1.45. The van der Waals surface area contributed by atoms with Crippen molar-refractivity contribution in [3.8, 4) is 11.4 Å². The van der Waals surface area contributed by atoms with Gasteiger partial charge in [0, 0.05) is 23.7 Å². The Kier molecular flexibility index (Phi) is 4.92. The van der Waals surface area contributed by atoms with E-state index in [1.807, 2.05) is 61.6 Å². The van der Waals surface area contributed by atoms with Crippen molar-refractivity contribution in [2.24, 2.45) is 0 Å². The molecule has 3 aromatic rings. The Labute approximate surface area is 162 Å². The predicted molar refractivity (Wildman–Crippen MR) is 106 cm³/mol. The number of likely N-dealkylation sites (N-methyl/N-ethyl adjacent to an activating group) is 1. The van der Waals surface area contributed by atoms with Gasteiger partial charge in [-0.1, -0.05) is 54.1 Å². The van der Waals surface area contributed by atoms with Gasteiger partial charge in [0.05, 0.1) is 12.5 Å². The van der Waals surface area contributed by atoms with Gasteiger partial charge in [0.25, 0.3) is 5.91 Å². The molecule has 7 heteroatoms. The van der Waals surface area contributed by atoms with Gasteiger partial charge in [-0.25, -0.2) is 0 Å². The van der Waals surface area contributed by atoms with E-state index in [0.29, 0.717) is 24.7 Å². The van der Waals surface area contributed by atoms with E-state index in [0.717, 1.165) is 22.7 Å². The summed E-state index contributed by atoms with van der Waals surface area (Å²) in [4.78, 5) is 19.2. The summed E-state index contributed by atoms with van der Waals surface area (Å²) in [5, 5.41) is 8.43. The van der Waals surface area contributed by atoms with Crippen LogP contribution in [0, 0.1) is 0 Å². The molecule has 27 heavy (non-hydrogen) atoms. The van der Waals surface area contributed by atoms with Crippen molar-refractivity contribution in [2.45, 2.75) is 19.0 Å². The van der Waals surface area contributed by atoms with E-state index >= 15 is 0 Å². The maximum Gasteiger partial charge on any atom is 0.252 e. The van der Waals surface area contributed by atoms with Gasteiger partial charge in [0.15, 0.2) is 5.82 Å². The molecule has 0 radical (unpaired) electrons. The first-order valence-corrected chi connectivity index (χ1v) is 9.21. The van der Waals surface area contributed by atoms with Crippen LogP contribution in [0.2, 0.25) is 5.02 Å². The minimum atomic E-state index is -0.0420. The number of carbonyl (C=O) groups is 1. The fourth-order valence-corrected chi connectivity index (χ4v) is 3.53. The number of hydrogen-bond donors (Lipinski definition) is 1. The lowest BCUT2D eigenvalue weighted by atomic mass is 10.1. The van der Waals surface area contributed by atoms with E-state index in [1.54, 1.807) is 0 Å². The van der Waals surface area contributed by atoms with Crippen molar-refractivity contribution in [1.82, 2.24) is 19.7 Å². The lowest BCUT2D eigenvalue weighted by Gasteiger charge is -2.27. The summed E-state index contributed by atoms with van der Waals surface area (Å²) in [6.45, 7) is 1.47. The average molecular weight is 382 g/mol. The highest BCUT2D eigenvalue weighted by molar-refractivity contribution is 6.30. The molecule has 0 bridgehead atoms. The van der Waals surface area contributed by atoms with Crippen LogP contribution in [-0.2, 0) is 6.54 Å². The number of rotatable bonds is 5. The number of hydrogen-bond acceptors (Lipinski definition) is 5. The van der Waals surface area contributed by atoms with Crippen LogP contribution in [-0.4, -0.2) is 45.2 Å². The molecule has 2 heterocycles. The highest BCUT2D eigenvalue weighted by Crippen LogP contribution is 2.22. The summed E-state index contributed by atoms with van der Waals surface area (Å²) in [6, 6.07) is 17.5. The summed E-state index contributed by atoms with van der Waals surface area (Å²) in [5.74, 6) is 1.02. The molecule has 138 valence electrons. The van der Waals surface area contributed by atoms with Crippen LogP contribution in [0.3, 0.4) is 0 Å². The van der Waals surface area contributed by atoms with Gasteiger partial charge in [-0.3, -0.25) is 4.79 Å². The van der Waals surface area contributed by atoms with Crippen molar-refractivity contribution < 1.29 is 4.79 Å². The van der Waals surface area contributed by atoms with Gasteiger partial charge in [-0.2, -0.15) is 9.67 Å². The molecule has 0 amide bonds. The fourth-order valence-electron chi connectivity index (χ4n) is 3.32. The first-order chi connectivity index (χ1) is 13.1. The van der Waals surface area contributed by atoms with Gasteiger partial charge in [0.1, 0.15) is 0 Å². The average Bonchev–Trinajstić information content (AvgIpc) is 3.07. The zero-order valence-electron chi connectivity index (χ0n) is 15.0. The maximum absolute atomic E-state index is 12.5. The Morgan fingerprint density at radius 3 is 2.81 bits per heavy atom. The number of benzene rings is 2. The molecule has 2 aromatic carbocycles. The van der Waals surface area contributed by atoms with Crippen molar-refractivity contribution in [3.05, 3.63) is 65.2 Å². The van der Waals surface area contributed by atoms with Crippen molar-refractivity contribution >= 4 is 23.5 Å². The number of anilines is 1. The molecule has 1 N–H and O–H groups in total. The molecule has 1 aromatic heterocycles. The monoisotopic (exact) mass is 381 g/mol. The molecule has 0 fully saturated rings. The molecule has 1 atom stereocenters. The second kappa shape index (κ2) is 7.50. The van der Waals surface area contributed by atoms with E-state index in [2.05, 4.69) is 20.3 Å². The molecule has 0 saturated heterocycles. The second-order valence-corrected chi connectivity index (χ2v) is 7.24. The van der Waals surface area contributed by atoms with Crippen LogP contribution in [0.1, 0.15) is 16.8 Å². The van der Waals surface area contributed by atoms with Crippen LogP contribution in [0.25, 0.3) is 11.4 Å². The van der Waals surface area contributed by atoms with Crippen LogP contribution in [0.4, 0.5) is 5.95 Å². The molecular weight excluding hydrogens is 362 g/mol. The zero-order valence-corrected chi connectivity index (χ0v) is 15.7. The quantitative estimate of drug-likeness (QED) is 0.732. The lowest BCUT2D eigenvalue weighted by molar-refractivity contribution is 0.0865. The zero-order chi connectivity index (χ0) is 18.8. The summed E-state index contributed by atoms with van der Waals surface area (Å²) >= 11 is 6.05. The van der Waals surface area contributed by atoms with Gasteiger partial charge in [-0.05, 0) is 24.7 Å². The Morgan fingerprint density at radius 1 is 1.22 bits per heavy atom. The van der Waals surface area contributed by atoms with Crippen molar-refractivity contribution in [3.63, 3.8) is 0 Å². The van der Waals surface area contributed by atoms with E-state index in [-0.39, 0.29) is 11.9 Å². The van der Waals surface area contributed by atoms with E-state index in [1.165, 1.54) is 4.68 Å². The molecule has 1 aliphatic rings. The third kappa shape index (κ3) is 4.02.